The number of halogens is 3. The van der Waals surface area contributed by atoms with E-state index < -0.39 is 11.7 Å². The van der Waals surface area contributed by atoms with Crippen molar-refractivity contribution >= 4 is 5.91 Å². The van der Waals surface area contributed by atoms with Crippen LogP contribution in [0.25, 0.3) is 0 Å². The largest absolute Gasteiger partial charge is 0.416 e. The Morgan fingerprint density at radius 1 is 1.22 bits per heavy atom. The molecule has 1 atom stereocenters. The van der Waals surface area contributed by atoms with E-state index in [2.05, 4.69) is 0 Å². The maximum atomic E-state index is 12.4. The number of piperidine rings is 1. The molecule has 1 aromatic rings. The van der Waals surface area contributed by atoms with E-state index in [1.807, 2.05) is 0 Å². The fourth-order valence-electron chi connectivity index (χ4n) is 2.11. The molecule has 0 saturated carbocycles. The Kier molecular flexibility index (Phi) is 3.30. The fraction of sp³-hybridized carbons (Fsp3) is 0.417. The van der Waals surface area contributed by atoms with Crippen molar-refractivity contribution in [3.05, 3.63) is 35.4 Å². The summed E-state index contributed by atoms with van der Waals surface area (Å²) in [4.78, 5) is 11.4. The number of amides is 1. The average Bonchev–Trinajstić information content (AvgIpc) is 2.32. The molecule has 1 unspecified atom stereocenters. The van der Waals surface area contributed by atoms with E-state index in [-0.39, 0.29) is 11.9 Å². The highest BCUT2D eigenvalue weighted by atomic mass is 19.4. The van der Waals surface area contributed by atoms with Crippen LogP contribution < -0.4 is 5.84 Å². The van der Waals surface area contributed by atoms with Crippen molar-refractivity contribution in [3.63, 3.8) is 0 Å². The minimum atomic E-state index is -4.34. The highest BCUT2D eigenvalue weighted by Crippen LogP contribution is 2.33. The van der Waals surface area contributed by atoms with Gasteiger partial charge in [0.05, 0.1) is 11.6 Å². The first-order chi connectivity index (χ1) is 8.39. The monoisotopic (exact) mass is 258 g/mol. The van der Waals surface area contributed by atoms with Gasteiger partial charge in [-0.3, -0.25) is 9.80 Å². The standard InChI is InChI=1S/C12H13F3N2O/c13-12(14,15)9-6-4-8(5-7-9)10-2-1-3-11(18)17(10)16/h4-7,10H,1-3,16H2. The second-order valence-electron chi connectivity index (χ2n) is 4.33. The number of alkyl halides is 3. The van der Waals surface area contributed by atoms with Crippen molar-refractivity contribution in [1.82, 2.24) is 5.01 Å². The average molecular weight is 258 g/mol. The van der Waals surface area contributed by atoms with E-state index in [0.29, 0.717) is 24.8 Å². The highest BCUT2D eigenvalue weighted by molar-refractivity contribution is 5.76. The molecule has 6 heteroatoms. The smallest absolute Gasteiger partial charge is 0.273 e. The molecule has 2 N–H and O–H groups in total. The van der Waals surface area contributed by atoms with Crippen molar-refractivity contribution in [2.75, 3.05) is 0 Å². The van der Waals surface area contributed by atoms with Crippen LogP contribution >= 0.6 is 0 Å². The number of carbonyl (C=O) groups is 1. The minimum absolute atomic E-state index is 0.175. The summed E-state index contributed by atoms with van der Waals surface area (Å²) in [7, 11) is 0. The SMILES string of the molecule is NN1C(=O)CCCC1c1ccc(C(F)(F)F)cc1. The predicted octanol–water partition coefficient (Wildman–Crippen LogP) is 2.63. The number of nitrogens with zero attached hydrogens (tertiary/aromatic N) is 1. The molecule has 1 saturated heterocycles. The maximum absolute atomic E-state index is 12.4. The Morgan fingerprint density at radius 3 is 2.39 bits per heavy atom. The zero-order valence-electron chi connectivity index (χ0n) is 9.57. The summed E-state index contributed by atoms with van der Waals surface area (Å²) in [5.41, 5.74) is -0.0597. The normalized spacial score (nSPS) is 21.2. The van der Waals surface area contributed by atoms with Gasteiger partial charge in [0.15, 0.2) is 0 Å². The molecule has 0 aliphatic carbocycles. The quantitative estimate of drug-likeness (QED) is 0.621. The van der Waals surface area contributed by atoms with Crippen LogP contribution in [0.5, 0.6) is 0 Å². The van der Waals surface area contributed by atoms with Crippen LogP contribution in [0, 0.1) is 0 Å². The molecule has 2 rings (SSSR count). The van der Waals surface area contributed by atoms with Gasteiger partial charge in [-0.15, -0.1) is 0 Å². The van der Waals surface area contributed by atoms with Gasteiger partial charge < -0.3 is 0 Å². The number of carbonyl (C=O) groups excluding carboxylic acids is 1. The Labute approximate surface area is 102 Å². The Bertz CT molecular complexity index is 442. The molecule has 0 radical (unpaired) electrons. The Morgan fingerprint density at radius 2 is 1.83 bits per heavy atom. The van der Waals surface area contributed by atoms with E-state index in [1.54, 1.807) is 0 Å². The second kappa shape index (κ2) is 4.61. The first-order valence-electron chi connectivity index (χ1n) is 5.63. The van der Waals surface area contributed by atoms with E-state index in [1.165, 1.54) is 12.1 Å². The van der Waals surface area contributed by atoms with Crippen LogP contribution in [0.2, 0.25) is 0 Å². The third kappa shape index (κ3) is 2.48. The van der Waals surface area contributed by atoms with Crippen molar-refractivity contribution in [3.8, 4) is 0 Å². The molecule has 18 heavy (non-hydrogen) atoms. The molecule has 1 amide bonds. The van der Waals surface area contributed by atoms with Gasteiger partial charge in [-0.2, -0.15) is 13.2 Å². The molecule has 1 fully saturated rings. The lowest BCUT2D eigenvalue weighted by Gasteiger charge is -2.32. The summed E-state index contributed by atoms with van der Waals surface area (Å²) in [6, 6.07) is 4.47. The van der Waals surface area contributed by atoms with Crippen molar-refractivity contribution in [2.24, 2.45) is 5.84 Å². The fourth-order valence-corrected chi connectivity index (χ4v) is 2.11. The van der Waals surface area contributed by atoms with E-state index in [9.17, 15) is 18.0 Å². The maximum Gasteiger partial charge on any atom is 0.416 e. The van der Waals surface area contributed by atoms with Crippen LogP contribution in [0.3, 0.4) is 0 Å². The van der Waals surface area contributed by atoms with Crippen molar-refractivity contribution < 1.29 is 18.0 Å². The highest BCUT2D eigenvalue weighted by Gasteiger charge is 2.31. The van der Waals surface area contributed by atoms with E-state index >= 15 is 0 Å². The summed E-state index contributed by atoms with van der Waals surface area (Å²) in [5.74, 6) is 5.47. The lowest BCUT2D eigenvalue weighted by atomic mass is 9.95. The summed E-state index contributed by atoms with van der Waals surface area (Å²) < 4.78 is 37.2. The molecular weight excluding hydrogens is 245 g/mol. The van der Waals surface area contributed by atoms with Gasteiger partial charge in [0.1, 0.15) is 0 Å². The van der Waals surface area contributed by atoms with Crippen molar-refractivity contribution in [1.29, 1.82) is 0 Å². The number of rotatable bonds is 1. The minimum Gasteiger partial charge on any atom is -0.273 e. The molecular formula is C12H13F3N2O. The first kappa shape index (κ1) is 12.9. The second-order valence-corrected chi connectivity index (χ2v) is 4.33. The van der Waals surface area contributed by atoms with Gasteiger partial charge in [0.25, 0.3) is 0 Å². The van der Waals surface area contributed by atoms with Gasteiger partial charge in [0.2, 0.25) is 5.91 Å². The molecule has 3 nitrogen and oxygen atoms in total. The lowest BCUT2D eigenvalue weighted by Crippen LogP contribution is -2.43. The summed E-state index contributed by atoms with van der Waals surface area (Å²) >= 11 is 0. The third-order valence-corrected chi connectivity index (χ3v) is 3.11. The summed E-state index contributed by atoms with van der Waals surface area (Å²) in [6.07, 6.45) is -2.57. The number of hydrogen-bond donors (Lipinski definition) is 1. The topological polar surface area (TPSA) is 46.3 Å². The molecule has 1 aliphatic heterocycles. The number of hydrogen-bond acceptors (Lipinski definition) is 2. The Hall–Kier alpha value is -1.56. The van der Waals surface area contributed by atoms with E-state index in [0.717, 1.165) is 17.1 Å². The molecule has 1 aliphatic rings. The van der Waals surface area contributed by atoms with Crippen LogP contribution in [-0.2, 0) is 11.0 Å². The summed E-state index contributed by atoms with van der Waals surface area (Å²) in [5, 5.41) is 1.12. The third-order valence-electron chi connectivity index (χ3n) is 3.11. The zero-order chi connectivity index (χ0) is 13.3. The van der Waals surface area contributed by atoms with E-state index in [4.69, 9.17) is 5.84 Å². The van der Waals surface area contributed by atoms with Crippen LogP contribution in [-0.4, -0.2) is 10.9 Å². The van der Waals surface area contributed by atoms with Crippen molar-refractivity contribution in [2.45, 2.75) is 31.5 Å². The van der Waals surface area contributed by atoms with Gasteiger partial charge in [0, 0.05) is 6.42 Å². The molecule has 0 spiro atoms. The van der Waals surface area contributed by atoms with Crippen LogP contribution in [0.4, 0.5) is 13.2 Å². The van der Waals surface area contributed by atoms with Gasteiger partial charge in [-0.05, 0) is 30.5 Å². The molecule has 1 aromatic carbocycles. The number of nitrogens with two attached hydrogens (primary N) is 1. The van der Waals surface area contributed by atoms with Gasteiger partial charge >= 0.3 is 6.18 Å². The van der Waals surface area contributed by atoms with Gasteiger partial charge in [-0.25, -0.2) is 5.84 Å². The summed E-state index contributed by atoms with van der Waals surface area (Å²) in [6.45, 7) is 0. The van der Waals surface area contributed by atoms with Crippen LogP contribution in [0.15, 0.2) is 24.3 Å². The molecule has 0 bridgehead atoms. The predicted molar refractivity (Wildman–Crippen MR) is 59.1 cm³/mol. The lowest BCUT2D eigenvalue weighted by molar-refractivity contribution is -0.138. The molecule has 0 aromatic heterocycles. The molecule has 1 heterocycles. The van der Waals surface area contributed by atoms with Crippen LogP contribution in [0.1, 0.15) is 36.4 Å². The zero-order valence-corrected chi connectivity index (χ0v) is 9.57. The first-order valence-corrected chi connectivity index (χ1v) is 5.63. The Balaban J connectivity index is 2.21. The number of benzene rings is 1. The molecule has 98 valence electrons. The van der Waals surface area contributed by atoms with Gasteiger partial charge in [-0.1, -0.05) is 12.1 Å². The number of hydrazine groups is 1.